The van der Waals surface area contributed by atoms with Gasteiger partial charge in [-0.3, -0.25) is 0 Å². The van der Waals surface area contributed by atoms with E-state index in [1.54, 1.807) is 0 Å². The highest BCUT2D eigenvalue weighted by molar-refractivity contribution is 4.91. The molecule has 1 unspecified atom stereocenters. The van der Waals surface area contributed by atoms with E-state index in [0.29, 0.717) is 6.10 Å². The minimum atomic E-state index is 0.211. The van der Waals surface area contributed by atoms with Crippen molar-refractivity contribution in [2.24, 2.45) is 0 Å². The maximum atomic E-state index is 6.50. The fraction of sp³-hybridized carbons (Fsp3) is 1.00. The van der Waals surface area contributed by atoms with E-state index in [-0.39, 0.29) is 5.60 Å². The molecule has 0 aromatic carbocycles. The zero-order valence-corrected chi connectivity index (χ0v) is 13.6. The highest BCUT2D eigenvalue weighted by Gasteiger charge is 2.37. The summed E-state index contributed by atoms with van der Waals surface area (Å²) < 4.78 is 6.50. The molecule has 2 aliphatic rings. The van der Waals surface area contributed by atoms with Crippen molar-refractivity contribution in [3.8, 4) is 0 Å². The normalized spacial score (nSPS) is 25.9. The van der Waals surface area contributed by atoms with E-state index in [9.17, 15) is 0 Å². The van der Waals surface area contributed by atoms with E-state index in [1.165, 1.54) is 83.5 Å². The third kappa shape index (κ3) is 5.37. The lowest BCUT2D eigenvalue weighted by Gasteiger charge is -2.44. The second kappa shape index (κ2) is 9.04. The van der Waals surface area contributed by atoms with Crippen LogP contribution >= 0.6 is 0 Å². The van der Waals surface area contributed by atoms with Crippen molar-refractivity contribution in [1.82, 2.24) is 5.32 Å². The molecule has 1 saturated carbocycles. The van der Waals surface area contributed by atoms with Gasteiger partial charge in [-0.1, -0.05) is 71.1 Å². The Balaban J connectivity index is 1.56. The molecule has 1 saturated heterocycles. The molecule has 0 radical (unpaired) electrons. The van der Waals surface area contributed by atoms with E-state index in [0.717, 1.165) is 13.1 Å². The molecule has 1 aliphatic heterocycles. The average molecular weight is 281 g/mol. The zero-order chi connectivity index (χ0) is 14.1. The van der Waals surface area contributed by atoms with Crippen molar-refractivity contribution in [1.29, 1.82) is 0 Å². The summed E-state index contributed by atoms with van der Waals surface area (Å²) in [6.45, 7) is 4.46. The second-order valence-corrected chi connectivity index (χ2v) is 7.02. The first-order chi connectivity index (χ1) is 9.85. The van der Waals surface area contributed by atoms with E-state index < -0.39 is 0 Å². The third-order valence-corrected chi connectivity index (χ3v) is 5.13. The van der Waals surface area contributed by atoms with Crippen LogP contribution in [-0.4, -0.2) is 24.8 Å². The molecule has 2 heteroatoms. The fourth-order valence-electron chi connectivity index (χ4n) is 3.88. The number of nitrogens with one attached hydrogen (secondary N) is 1. The Kier molecular flexibility index (Phi) is 7.37. The lowest BCUT2D eigenvalue weighted by Crippen LogP contribution is -2.54. The van der Waals surface area contributed by atoms with Crippen LogP contribution in [-0.2, 0) is 4.74 Å². The molecule has 1 atom stereocenters. The number of ether oxygens (including phenoxy) is 1. The van der Waals surface area contributed by atoms with Crippen LogP contribution in [0.4, 0.5) is 0 Å². The Bertz CT molecular complexity index is 242. The van der Waals surface area contributed by atoms with Crippen molar-refractivity contribution >= 4 is 0 Å². The van der Waals surface area contributed by atoms with Gasteiger partial charge in [0.05, 0.1) is 11.7 Å². The first-order valence-electron chi connectivity index (χ1n) is 9.23. The van der Waals surface area contributed by atoms with Crippen LogP contribution in [0, 0.1) is 0 Å². The second-order valence-electron chi connectivity index (χ2n) is 7.02. The SMILES string of the molecule is CCCCCCCCCC1CNCC2(CCCCC2)O1. The molecule has 20 heavy (non-hydrogen) atoms. The molecule has 1 N–H and O–H groups in total. The monoisotopic (exact) mass is 281 g/mol. The maximum absolute atomic E-state index is 6.50. The molecule has 2 nitrogen and oxygen atoms in total. The predicted molar refractivity (Wildman–Crippen MR) is 86.2 cm³/mol. The molecule has 0 bridgehead atoms. The molecule has 2 rings (SSSR count). The van der Waals surface area contributed by atoms with Gasteiger partial charge in [0.1, 0.15) is 0 Å². The fourth-order valence-corrected chi connectivity index (χ4v) is 3.88. The summed E-state index contributed by atoms with van der Waals surface area (Å²) in [5.41, 5.74) is 0.211. The van der Waals surface area contributed by atoms with Crippen LogP contribution in [0.3, 0.4) is 0 Å². The largest absolute Gasteiger partial charge is 0.369 e. The van der Waals surface area contributed by atoms with Gasteiger partial charge in [0.15, 0.2) is 0 Å². The summed E-state index contributed by atoms with van der Waals surface area (Å²) >= 11 is 0. The Morgan fingerprint density at radius 2 is 1.65 bits per heavy atom. The van der Waals surface area contributed by atoms with Gasteiger partial charge in [-0.05, 0) is 19.3 Å². The van der Waals surface area contributed by atoms with Crippen LogP contribution in [0.2, 0.25) is 0 Å². The average Bonchev–Trinajstić information content (AvgIpc) is 2.47. The predicted octanol–water partition coefficient (Wildman–Crippen LogP) is 4.82. The zero-order valence-electron chi connectivity index (χ0n) is 13.6. The summed E-state index contributed by atoms with van der Waals surface area (Å²) in [7, 11) is 0. The van der Waals surface area contributed by atoms with Gasteiger partial charge in [-0.2, -0.15) is 0 Å². The van der Waals surface area contributed by atoms with E-state index in [2.05, 4.69) is 12.2 Å². The highest BCUT2D eigenvalue weighted by Crippen LogP contribution is 2.34. The summed E-state index contributed by atoms with van der Waals surface area (Å²) in [6.07, 6.45) is 18.3. The van der Waals surface area contributed by atoms with Crippen LogP contribution in [0.5, 0.6) is 0 Å². The number of unbranched alkanes of at least 4 members (excludes halogenated alkanes) is 6. The van der Waals surface area contributed by atoms with Crippen molar-refractivity contribution in [3.63, 3.8) is 0 Å². The molecule has 0 aromatic rings. The summed E-state index contributed by atoms with van der Waals surface area (Å²) in [4.78, 5) is 0. The van der Waals surface area contributed by atoms with Crippen LogP contribution in [0.1, 0.15) is 90.4 Å². The molecule has 1 heterocycles. The van der Waals surface area contributed by atoms with Crippen LogP contribution in [0.25, 0.3) is 0 Å². The minimum Gasteiger partial charge on any atom is -0.369 e. The summed E-state index contributed by atoms with van der Waals surface area (Å²) in [6, 6.07) is 0. The van der Waals surface area contributed by atoms with Gasteiger partial charge < -0.3 is 10.1 Å². The van der Waals surface area contributed by atoms with E-state index >= 15 is 0 Å². The minimum absolute atomic E-state index is 0.211. The van der Waals surface area contributed by atoms with Crippen molar-refractivity contribution in [2.75, 3.05) is 13.1 Å². The molecular formula is C18H35NO. The first kappa shape index (κ1) is 16.3. The van der Waals surface area contributed by atoms with Crippen molar-refractivity contribution in [3.05, 3.63) is 0 Å². The molecule has 2 fully saturated rings. The van der Waals surface area contributed by atoms with Crippen LogP contribution < -0.4 is 5.32 Å². The van der Waals surface area contributed by atoms with Gasteiger partial charge in [-0.15, -0.1) is 0 Å². The summed E-state index contributed by atoms with van der Waals surface area (Å²) in [5.74, 6) is 0. The Morgan fingerprint density at radius 3 is 2.40 bits per heavy atom. The molecular weight excluding hydrogens is 246 g/mol. The summed E-state index contributed by atoms with van der Waals surface area (Å²) in [5, 5.41) is 3.64. The molecule has 1 spiro atoms. The topological polar surface area (TPSA) is 21.3 Å². The van der Waals surface area contributed by atoms with Gasteiger partial charge in [0.25, 0.3) is 0 Å². The molecule has 118 valence electrons. The lowest BCUT2D eigenvalue weighted by atomic mass is 9.83. The van der Waals surface area contributed by atoms with Crippen molar-refractivity contribution in [2.45, 2.75) is 102 Å². The number of rotatable bonds is 8. The lowest BCUT2D eigenvalue weighted by molar-refractivity contribution is -0.135. The van der Waals surface area contributed by atoms with E-state index in [1.807, 2.05) is 0 Å². The van der Waals surface area contributed by atoms with Crippen molar-refractivity contribution < 1.29 is 4.74 Å². The van der Waals surface area contributed by atoms with Gasteiger partial charge >= 0.3 is 0 Å². The van der Waals surface area contributed by atoms with Gasteiger partial charge in [0.2, 0.25) is 0 Å². The third-order valence-electron chi connectivity index (χ3n) is 5.13. The van der Waals surface area contributed by atoms with Gasteiger partial charge in [0, 0.05) is 13.1 Å². The number of morpholine rings is 1. The number of hydrogen-bond donors (Lipinski definition) is 1. The number of hydrogen-bond acceptors (Lipinski definition) is 2. The molecule has 0 amide bonds. The Labute approximate surface area is 126 Å². The molecule has 1 aliphatic carbocycles. The quantitative estimate of drug-likeness (QED) is 0.644. The highest BCUT2D eigenvalue weighted by atomic mass is 16.5. The maximum Gasteiger partial charge on any atom is 0.0810 e. The van der Waals surface area contributed by atoms with Gasteiger partial charge in [-0.25, -0.2) is 0 Å². The van der Waals surface area contributed by atoms with E-state index in [4.69, 9.17) is 4.74 Å². The molecule has 0 aromatic heterocycles. The van der Waals surface area contributed by atoms with Crippen LogP contribution in [0.15, 0.2) is 0 Å². The standard InChI is InChI=1S/C18H35NO/c1-2-3-4-5-6-7-9-12-17-15-19-16-18(20-17)13-10-8-11-14-18/h17,19H,2-16H2,1H3. The Hall–Kier alpha value is -0.0800. The Morgan fingerprint density at radius 1 is 0.950 bits per heavy atom. The first-order valence-corrected chi connectivity index (χ1v) is 9.23. The smallest absolute Gasteiger partial charge is 0.0810 e.